The monoisotopic (exact) mass is 220 g/mol. The van der Waals surface area contributed by atoms with Crippen LogP contribution in [0.4, 0.5) is 5.69 Å². The van der Waals surface area contributed by atoms with Crippen molar-refractivity contribution in [2.45, 2.75) is 34.6 Å². The molecule has 0 aromatic heterocycles. The number of carbonyl (C=O) groups excluding carboxylic acids is 1. The fraction of sp³-hybridized carbons (Fsp3) is 0.385. The Balaban J connectivity index is 0. The standard InChI is InChI=1S/C9H8N2O.2C2H6/c1-7(12)11-9-4-2-8(6-10)3-5-9;2*1-2/h2-5H,1H3,(H,11,12);2*1-2H3. The van der Waals surface area contributed by atoms with Gasteiger partial charge in [0.2, 0.25) is 5.91 Å². The molecule has 3 nitrogen and oxygen atoms in total. The zero-order chi connectivity index (χ0) is 13.0. The zero-order valence-corrected chi connectivity index (χ0v) is 10.7. The van der Waals surface area contributed by atoms with Crippen molar-refractivity contribution in [2.75, 3.05) is 5.32 Å². The Kier molecular flexibility index (Phi) is 11.7. The highest BCUT2D eigenvalue weighted by Crippen LogP contribution is 2.07. The van der Waals surface area contributed by atoms with Gasteiger partial charge in [-0.05, 0) is 24.3 Å². The summed E-state index contributed by atoms with van der Waals surface area (Å²) in [6.45, 7) is 9.44. The third-order valence-corrected chi connectivity index (χ3v) is 1.33. The number of nitrogens with one attached hydrogen (secondary N) is 1. The molecule has 0 aliphatic heterocycles. The predicted octanol–water partition coefficient (Wildman–Crippen LogP) is 3.57. The summed E-state index contributed by atoms with van der Waals surface area (Å²) >= 11 is 0. The summed E-state index contributed by atoms with van der Waals surface area (Å²) in [4.78, 5) is 10.6. The Morgan fingerprint density at radius 1 is 1.12 bits per heavy atom. The number of anilines is 1. The van der Waals surface area contributed by atoms with E-state index >= 15 is 0 Å². The van der Waals surface area contributed by atoms with E-state index in [2.05, 4.69) is 5.32 Å². The maximum Gasteiger partial charge on any atom is 0.221 e. The second-order valence-electron chi connectivity index (χ2n) is 2.37. The van der Waals surface area contributed by atoms with Gasteiger partial charge in [-0.2, -0.15) is 5.26 Å². The summed E-state index contributed by atoms with van der Waals surface area (Å²) in [5, 5.41) is 11.1. The molecule has 0 heterocycles. The third-order valence-electron chi connectivity index (χ3n) is 1.33. The number of amides is 1. The molecule has 0 saturated heterocycles. The van der Waals surface area contributed by atoms with Gasteiger partial charge in [0.05, 0.1) is 11.6 Å². The number of nitriles is 1. The molecule has 1 aromatic rings. The first-order valence-corrected chi connectivity index (χ1v) is 5.50. The van der Waals surface area contributed by atoms with E-state index in [0.717, 1.165) is 0 Å². The number of hydrogen-bond acceptors (Lipinski definition) is 2. The highest BCUT2D eigenvalue weighted by molar-refractivity contribution is 5.88. The number of benzene rings is 1. The fourth-order valence-electron chi connectivity index (χ4n) is 0.831. The summed E-state index contributed by atoms with van der Waals surface area (Å²) in [7, 11) is 0. The average molecular weight is 220 g/mol. The summed E-state index contributed by atoms with van der Waals surface area (Å²) in [5.41, 5.74) is 1.30. The lowest BCUT2D eigenvalue weighted by Gasteiger charge is -1.99. The number of nitrogens with zero attached hydrogens (tertiary/aromatic N) is 1. The maximum absolute atomic E-state index is 10.6. The Morgan fingerprint density at radius 2 is 1.56 bits per heavy atom. The first-order chi connectivity index (χ1) is 7.72. The molecular weight excluding hydrogens is 200 g/mol. The quantitative estimate of drug-likeness (QED) is 0.786. The van der Waals surface area contributed by atoms with Gasteiger partial charge in [0.25, 0.3) is 0 Å². The summed E-state index contributed by atoms with van der Waals surface area (Å²) in [6.07, 6.45) is 0. The van der Waals surface area contributed by atoms with Gasteiger partial charge in [0, 0.05) is 12.6 Å². The molecule has 3 heteroatoms. The van der Waals surface area contributed by atoms with E-state index in [0.29, 0.717) is 11.3 Å². The van der Waals surface area contributed by atoms with Crippen LogP contribution in [0.5, 0.6) is 0 Å². The molecule has 0 saturated carbocycles. The normalized spacial score (nSPS) is 7.25. The second kappa shape index (κ2) is 11.3. The van der Waals surface area contributed by atoms with Gasteiger partial charge >= 0.3 is 0 Å². The van der Waals surface area contributed by atoms with Gasteiger partial charge in [-0.15, -0.1) is 0 Å². The van der Waals surface area contributed by atoms with Crippen molar-refractivity contribution < 1.29 is 4.79 Å². The maximum atomic E-state index is 10.6. The van der Waals surface area contributed by atoms with Crippen LogP contribution >= 0.6 is 0 Å². The summed E-state index contributed by atoms with van der Waals surface area (Å²) < 4.78 is 0. The van der Waals surface area contributed by atoms with Crippen LogP contribution in [0.15, 0.2) is 24.3 Å². The van der Waals surface area contributed by atoms with E-state index in [1.54, 1.807) is 24.3 Å². The topological polar surface area (TPSA) is 52.9 Å². The minimum atomic E-state index is -0.111. The van der Waals surface area contributed by atoms with Crippen LogP contribution in [0.3, 0.4) is 0 Å². The molecule has 1 amide bonds. The van der Waals surface area contributed by atoms with Crippen molar-refractivity contribution in [3.8, 4) is 6.07 Å². The Hall–Kier alpha value is -1.82. The van der Waals surface area contributed by atoms with E-state index < -0.39 is 0 Å². The molecule has 1 N–H and O–H groups in total. The zero-order valence-electron chi connectivity index (χ0n) is 10.7. The minimum Gasteiger partial charge on any atom is -0.326 e. The smallest absolute Gasteiger partial charge is 0.221 e. The van der Waals surface area contributed by atoms with Crippen molar-refractivity contribution >= 4 is 11.6 Å². The highest BCUT2D eigenvalue weighted by atomic mass is 16.1. The molecule has 0 spiro atoms. The van der Waals surface area contributed by atoms with Gasteiger partial charge in [0.15, 0.2) is 0 Å². The van der Waals surface area contributed by atoms with Gasteiger partial charge in [0.1, 0.15) is 0 Å². The summed E-state index contributed by atoms with van der Waals surface area (Å²) in [6, 6.07) is 8.70. The molecule has 0 atom stereocenters. The molecule has 0 fully saturated rings. The molecule has 0 aliphatic carbocycles. The van der Waals surface area contributed by atoms with Gasteiger partial charge in [-0.1, -0.05) is 27.7 Å². The number of carbonyl (C=O) groups is 1. The molecule has 1 rings (SSSR count). The van der Waals surface area contributed by atoms with Crippen molar-refractivity contribution in [1.82, 2.24) is 0 Å². The van der Waals surface area contributed by atoms with E-state index in [9.17, 15) is 4.79 Å². The minimum absolute atomic E-state index is 0.111. The summed E-state index contributed by atoms with van der Waals surface area (Å²) in [5.74, 6) is -0.111. The number of rotatable bonds is 1. The molecule has 0 aliphatic rings. The molecule has 1 aromatic carbocycles. The van der Waals surface area contributed by atoms with E-state index in [-0.39, 0.29) is 5.91 Å². The molecule has 0 unspecified atom stereocenters. The highest BCUT2D eigenvalue weighted by Gasteiger charge is 1.94. The first kappa shape index (κ1) is 16.6. The Labute approximate surface area is 98.1 Å². The van der Waals surface area contributed by atoms with E-state index in [4.69, 9.17) is 5.26 Å². The van der Waals surface area contributed by atoms with E-state index in [1.165, 1.54) is 6.92 Å². The van der Waals surface area contributed by atoms with Crippen LogP contribution in [-0.4, -0.2) is 5.91 Å². The molecule has 16 heavy (non-hydrogen) atoms. The van der Waals surface area contributed by atoms with Gasteiger partial charge < -0.3 is 5.32 Å². The van der Waals surface area contributed by atoms with E-state index in [1.807, 2.05) is 33.8 Å². The SMILES string of the molecule is CC.CC.CC(=O)Nc1ccc(C#N)cc1. The third kappa shape index (κ3) is 7.57. The molecular formula is C13H20N2O. The number of hydrogen-bond donors (Lipinski definition) is 1. The fourth-order valence-corrected chi connectivity index (χ4v) is 0.831. The average Bonchev–Trinajstić information content (AvgIpc) is 2.34. The van der Waals surface area contributed by atoms with Crippen LogP contribution in [0.1, 0.15) is 40.2 Å². The lowest BCUT2D eigenvalue weighted by atomic mass is 10.2. The van der Waals surface area contributed by atoms with Crippen LogP contribution in [0.25, 0.3) is 0 Å². The van der Waals surface area contributed by atoms with Crippen molar-refractivity contribution in [3.05, 3.63) is 29.8 Å². The predicted molar refractivity (Wildman–Crippen MR) is 68.2 cm³/mol. The van der Waals surface area contributed by atoms with Crippen LogP contribution in [-0.2, 0) is 4.79 Å². The van der Waals surface area contributed by atoms with Crippen LogP contribution < -0.4 is 5.32 Å². The largest absolute Gasteiger partial charge is 0.326 e. The van der Waals surface area contributed by atoms with Gasteiger partial charge in [-0.3, -0.25) is 4.79 Å². The first-order valence-electron chi connectivity index (χ1n) is 5.50. The molecule has 0 radical (unpaired) electrons. The second-order valence-corrected chi connectivity index (χ2v) is 2.37. The van der Waals surface area contributed by atoms with Crippen molar-refractivity contribution in [3.63, 3.8) is 0 Å². The van der Waals surface area contributed by atoms with Crippen molar-refractivity contribution in [2.24, 2.45) is 0 Å². The van der Waals surface area contributed by atoms with Gasteiger partial charge in [-0.25, -0.2) is 0 Å². The van der Waals surface area contributed by atoms with Crippen LogP contribution in [0.2, 0.25) is 0 Å². The lowest BCUT2D eigenvalue weighted by molar-refractivity contribution is -0.114. The Bertz CT molecular complexity index is 323. The lowest BCUT2D eigenvalue weighted by Crippen LogP contribution is -2.05. The molecule has 0 bridgehead atoms. The molecule has 88 valence electrons. The van der Waals surface area contributed by atoms with Crippen LogP contribution in [0, 0.1) is 11.3 Å². The van der Waals surface area contributed by atoms with Crippen molar-refractivity contribution in [1.29, 1.82) is 5.26 Å². The Morgan fingerprint density at radius 3 is 1.88 bits per heavy atom.